The lowest BCUT2D eigenvalue weighted by Crippen LogP contribution is -2.33. The van der Waals surface area contributed by atoms with E-state index in [-0.39, 0.29) is 24.0 Å². The first-order valence-corrected chi connectivity index (χ1v) is 7.33. The predicted molar refractivity (Wildman–Crippen MR) is 99.9 cm³/mol. The normalized spacial score (nSPS) is 11.4. The van der Waals surface area contributed by atoms with Gasteiger partial charge in [-0.15, -0.1) is 24.0 Å². The minimum Gasteiger partial charge on any atom is -0.382 e. The van der Waals surface area contributed by atoms with E-state index in [2.05, 4.69) is 15.3 Å². The van der Waals surface area contributed by atoms with E-state index < -0.39 is 0 Å². The fourth-order valence-electron chi connectivity index (χ4n) is 1.99. The first-order valence-electron chi connectivity index (χ1n) is 7.33. The van der Waals surface area contributed by atoms with Gasteiger partial charge in [0.2, 0.25) is 0 Å². The molecule has 2 heterocycles. The van der Waals surface area contributed by atoms with Crippen LogP contribution in [0.5, 0.6) is 0 Å². The van der Waals surface area contributed by atoms with Crippen LogP contribution in [-0.2, 0) is 11.2 Å². The Morgan fingerprint density at radius 2 is 2.32 bits per heavy atom. The van der Waals surface area contributed by atoms with Crippen LogP contribution >= 0.6 is 24.0 Å². The van der Waals surface area contributed by atoms with E-state index in [0.717, 1.165) is 43.9 Å². The maximum absolute atomic E-state index is 5.80. The van der Waals surface area contributed by atoms with E-state index in [4.69, 9.17) is 10.5 Å². The van der Waals surface area contributed by atoms with Gasteiger partial charge in [-0.3, -0.25) is 4.99 Å². The number of aromatic nitrogens is 2. The van der Waals surface area contributed by atoms with Crippen LogP contribution in [0.1, 0.15) is 19.0 Å². The summed E-state index contributed by atoms with van der Waals surface area (Å²) in [4.78, 5) is 8.78. The Kier molecular flexibility index (Phi) is 8.83. The quantitative estimate of drug-likeness (QED) is 0.297. The van der Waals surface area contributed by atoms with Crippen LogP contribution < -0.4 is 11.1 Å². The van der Waals surface area contributed by atoms with Crippen molar-refractivity contribution in [3.05, 3.63) is 36.3 Å². The molecule has 0 saturated carbocycles. The first kappa shape index (κ1) is 18.7. The molecule has 0 unspecified atom stereocenters. The molecule has 0 fully saturated rings. The van der Waals surface area contributed by atoms with Gasteiger partial charge in [-0.2, -0.15) is 0 Å². The molecule has 0 aliphatic rings. The minimum atomic E-state index is 0. The second kappa shape index (κ2) is 10.4. The second-order valence-corrected chi connectivity index (χ2v) is 4.69. The molecule has 0 saturated heterocycles. The third kappa shape index (κ3) is 6.18. The van der Waals surface area contributed by atoms with Crippen molar-refractivity contribution in [3.8, 4) is 0 Å². The monoisotopic (exact) mass is 417 g/mol. The van der Waals surface area contributed by atoms with Crippen molar-refractivity contribution in [1.29, 1.82) is 0 Å². The van der Waals surface area contributed by atoms with Gasteiger partial charge in [-0.1, -0.05) is 6.07 Å². The van der Waals surface area contributed by atoms with Gasteiger partial charge in [0.1, 0.15) is 5.65 Å². The summed E-state index contributed by atoms with van der Waals surface area (Å²) in [7, 11) is 0. The summed E-state index contributed by atoms with van der Waals surface area (Å²) in [6.45, 7) is 4.88. The van der Waals surface area contributed by atoms with Gasteiger partial charge < -0.3 is 20.2 Å². The largest absolute Gasteiger partial charge is 0.382 e. The molecular formula is C15H24IN5O. The third-order valence-corrected chi connectivity index (χ3v) is 3.03. The zero-order valence-electron chi connectivity index (χ0n) is 12.9. The number of nitrogens with one attached hydrogen (secondary N) is 1. The molecule has 0 atom stereocenters. The average molecular weight is 417 g/mol. The van der Waals surface area contributed by atoms with Gasteiger partial charge in [0.05, 0.1) is 5.69 Å². The molecule has 0 aliphatic carbocycles. The molecule has 0 radical (unpaired) electrons. The standard InChI is InChI=1S/C15H23N5O.HI/c1-2-21-11-5-8-17-15(16)18-9-7-13-12-20-10-4-3-6-14(20)19-13;/h3-4,6,10,12H,2,5,7-9,11H2,1H3,(H3,16,17,18);1H. The average Bonchev–Trinajstić information content (AvgIpc) is 2.89. The Morgan fingerprint density at radius 1 is 1.45 bits per heavy atom. The molecule has 2 aromatic rings. The van der Waals surface area contributed by atoms with Crippen molar-refractivity contribution in [2.45, 2.75) is 19.8 Å². The van der Waals surface area contributed by atoms with Crippen LogP contribution in [0.25, 0.3) is 5.65 Å². The van der Waals surface area contributed by atoms with Gasteiger partial charge in [-0.25, -0.2) is 4.98 Å². The summed E-state index contributed by atoms with van der Waals surface area (Å²) in [5, 5.41) is 3.10. The van der Waals surface area contributed by atoms with Crippen LogP contribution in [0.2, 0.25) is 0 Å². The summed E-state index contributed by atoms with van der Waals surface area (Å²) in [6.07, 6.45) is 5.74. The molecule has 6 nitrogen and oxygen atoms in total. The fraction of sp³-hybridized carbons (Fsp3) is 0.467. The number of ether oxygens (including phenoxy) is 1. The highest BCUT2D eigenvalue weighted by Gasteiger charge is 2.00. The second-order valence-electron chi connectivity index (χ2n) is 4.69. The first-order chi connectivity index (χ1) is 10.3. The fourth-order valence-corrected chi connectivity index (χ4v) is 1.99. The van der Waals surface area contributed by atoms with Crippen molar-refractivity contribution >= 4 is 35.6 Å². The zero-order valence-corrected chi connectivity index (χ0v) is 15.2. The van der Waals surface area contributed by atoms with Gasteiger partial charge >= 0.3 is 0 Å². The Morgan fingerprint density at radius 3 is 3.09 bits per heavy atom. The van der Waals surface area contributed by atoms with Gasteiger partial charge in [0.15, 0.2) is 5.96 Å². The summed E-state index contributed by atoms with van der Waals surface area (Å²) in [6, 6.07) is 5.96. The van der Waals surface area contributed by atoms with Crippen molar-refractivity contribution in [3.63, 3.8) is 0 Å². The van der Waals surface area contributed by atoms with Crippen molar-refractivity contribution in [2.75, 3.05) is 26.3 Å². The molecule has 22 heavy (non-hydrogen) atoms. The lowest BCUT2D eigenvalue weighted by atomic mass is 10.3. The van der Waals surface area contributed by atoms with E-state index in [1.165, 1.54) is 0 Å². The number of imidazole rings is 1. The highest BCUT2D eigenvalue weighted by molar-refractivity contribution is 14.0. The number of hydrogen-bond acceptors (Lipinski definition) is 3. The summed E-state index contributed by atoms with van der Waals surface area (Å²) >= 11 is 0. The molecule has 7 heteroatoms. The molecule has 2 rings (SSSR count). The molecule has 0 spiro atoms. The molecule has 122 valence electrons. The smallest absolute Gasteiger partial charge is 0.188 e. The number of guanidine groups is 1. The number of fused-ring (bicyclic) bond motifs is 1. The van der Waals surface area contributed by atoms with Crippen LogP contribution in [0, 0.1) is 0 Å². The Bertz CT molecular complexity index is 551. The molecule has 0 amide bonds. The number of aliphatic imine (C=N–C) groups is 1. The van der Waals surface area contributed by atoms with Gasteiger partial charge in [0, 0.05) is 45.1 Å². The maximum atomic E-state index is 5.80. The van der Waals surface area contributed by atoms with E-state index in [0.29, 0.717) is 12.5 Å². The SMILES string of the molecule is CCOCCCN=C(N)NCCc1cn2ccccc2n1.I. The lowest BCUT2D eigenvalue weighted by Gasteiger charge is -2.04. The zero-order chi connectivity index (χ0) is 14.9. The van der Waals surface area contributed by atoms with Crippen molar-refractivity contribution in [2.24, 2.45) is 10.7 Å². The minimum absolute atomic E-state index is 0. The molecule has 0 aromatic carbocycles. The highest BCUT2D eigenvalue weighted by Crippen LogP contribution is 2.04. The topological polar surface area (TPSA) is 76.9 Å². The third-order valence-electron chi connectivity index (χ3n) is 3.03. The van der Waals surface area contributed by atoms with Crippen LogP contribution in [0.4, 0.5) is 0 Å². The summed E-state index contributed by atoms with van der Waals surface area (Å²) < 4.78 is 7.26. The molecule has 0 bridgehead atoms. The van der Waals surface area contributed by atoms with Gasteiger partial charge in [-0.05, 0) is 25.5 Å². The number of nitrogens with two attached hydrogens (primary N) is 1. The lowest BCUT2D eigenvalue weighted by molar-refractivity contribution is 0.146. The van der Waals surface area contributed by atoms with Crippen molar-refractivity contribution < 1.29 is 4.74 Å². The number of hydrogen-bond donors (Lipinski definition) is 2. The molecule has 3 N–H and O–H groups in total. The Labute approximate surface area is 148 Å². The van der Waals surface area contributed by atoms with E-state index in [1.54, 1.807) is 0 Å². The predicted octanol–water partition coefficient (Wildman–Crippen LogP) is 1.83. The maximum Gasteiger partial charge on any atom is 0.188 e. The number of pyridine rings is 1. The number of rotatable bonds is 8. The van der Waals surface area contributed by atoms with E-state index in [1.807, 2.05) is 41.9 Å². The van der Waals surface area contributed by atoms with E-state index >= 15 is 0 Å². The summed E-state index contributed by atoms with van der Waals surface area (Å²) in [5.74, 6) is 0.482. The van der Waals surface area contributed by atoms with Crippen LogP contribution in [0.3, 0.4) is 0 Å². The van der Waals surface area contributed by atoms with Crippen LogP contribution in [-0.4, -0.2) is 41.6 Å². The molecule has 2 aromatic heterocycles. The van der Waals surface area contributed by atoms with Gasteiger partial charge in [0.25, 0.3) is 0 Å². The summed E-state index contributed by atoms with van der Waals surface area (Å²) in [5.41, 5.74) is 7.80. The number of halogens is 1. The van der Waals surface area contributed by atoms with Crippen molar-refractivity contribution in [1.82, 2.24) is 14.7 Å². The van der Waals surface area contributed by atoms with E-state index in [9.17, 15) is 0 Å². The molecular weight excluding hydrogens is 393 g/mol. The Balaban J connectivity index is 0.00000242. The Hall–Kier alpha value is -1.35. The van der Waals surface area contributed by atoms with Crippen LogP contribution in [0.15, 0.2) is 35.6 Å². The number of nitrogens with zero attached hydrogens (tertiary/aromatic N) is 3. The molecule has 0 aliphatic heterocycles. The highest BCUT2D eigenvalue weighted by atomic mass is 127.